The van der Waals surface area contributed by atoms with Gasteiger partial charge < -0.3 is 4.74 Å². The molecule has 0 spiro atoms. The predicted molar refractivity (Wildman–Crippen MR) is 85.6 cm³/mol. The summed E-state index contributed by atoms with van der Waals surface area (Å²) in [5, 5.41) is 1.35. The fourth-order valence-corrected chi connectivity index (χ4v) is 2.57. The third-order valence-electron chi connectivity index (χ3n) is 3.71. The average molecular weight is 349 g/mol. The maximum Gasteiger partial charge on any atom is 0.416 e. The second-order valence-corrected chi connectivity index (χ2v) is 5.27. The zero-order valence-corrected chi connectivity index (χ0v) is 13.2. The first-order valence-corrected chi connectivity index (χ1v) is 7.40. The van der Waals surface area contributed by atoms with E-state index in [0.717, 1.165) is 12.1 Å². The molecule has 0 aliphatic carbocycles. The van der Waals surface area contributed by atoms with Crippen LogP contribution in [0.15, 0.2) is 54.6 Å². The lowest BCUT2D eigenvalue weighted by molar-refractivity contribution is -0.137. The van der Waals surface area contributed by atoms with Crippen molar-refractivity contribution >= 4 is 17.4 Å². The molecule has 0 unspecified atom stereocenters. The third kappa shape index (κ3) is 3.36. The smallest absolute Gasteiger partial charge is 0.416 e. The number of ether oxygens (including phenoxy) is 1. The second kappa shape index (κ2) is 6.60. The lowest BCUT2D eigenvalue weighted by Crippen LogP contribution is -2.20. The lowest BCUT2D eigenvalue weighted by Gasteiger charge is -2.23. The topological polar surface area (TPSA) is 38.8 Å². The van der Waals surface area contributed by atoms with Crippen molar-refractivity contribution in [2.24, 2.45) is 0 Å². The molecular weight excluding hydrogens is 335 g/mol. The number of hydrogen-bond donors (Lipinski definition) is 0. The fourth-order valence-electron chi connectivity index (χ4n) is 2.57. The largest absolute Gasteiger partial charge is 0.465 e. The van der Waals surface area contributed by atoms with Crippen LogP contribution >= 0.6 is 0 Å². The molecule has 2 aromatic carbocycles. The summed E-state index contributed by atoms with van der Waals surface area (Å²) in [6, 6.07) is 11.5. The van der Waals surface area contributed by atoms with Crippen LogP contribution in [0.2, 0.25) is 0 Å². The van der Waals surface area contributed by atoms with Crippen molar-refractivity contribution < 1.29 is 27.5 Å². The Balaban J connectivity index is 2.02. The number of carbonyl (C=O) groups excluding carboxylic acids is 1. The molecule has 0 amide bonds. The molecule has 0 aromatic heterocycles. The number of para-hydroxylation sites is 1. The quantitative estimate of drug-likeness (QED) is 0.775. The van der Waals surface area contributed by atoms with Gasteiger partial charge in [-0.2, -0.15) is 13.2 Å². The van der Waals surface area contributed by atoms with E-state index in [9.17, 15) is 18.0 Å². The van der Waals surface area contributed by atoms with Gasteiger partial charge in [0.2, 0.25) is 0 Å². The average Bonchev–Trinajstić information content (AvgIpc) is 3.10. The Bertz CT molecular complexity index is 830. The number of nitrogens with zero attached hydrogens (tertiary/aromatic N) is 1. The van der Waals surface area contributed by atoms with E-state index < -0.39 is 17.7 Å². The highest BCUT2D eigenvalue weighted by atomic mass is 19.4. The maximum absolute atomic E-state index is 13.0. The molecule has 0 radical (unpaired) electrons. The Morgan fingerprint density at radius 1 is 1.16 bits per heavy atom. The van der Waals surface area contributed by atoms with Crippen LogP contribution in [0.25, 0.3) is 5.70 Å². The number of benzene rings is 2. The van der Waals surface area contributed by atoms with Gasteiger partial charge in [-0.1, -0.05) is 24.3 Å². The van der Waals surface area contributed by atoms with Gasteiger partial charge >= 0.3 is 12.1 Å². The Labute approximate surface area is 142 Å². The van der Waals surface area contributed by atoms with Gasteiger partial charge in [-0.15, -0.1) is 0 Å². The highest BCUT2D eigenvalue weighted by Crippen LogP contribution is 2.36. The van der Waals surface area contributed by atoms with Gasteiger partial charge in [0.25, 0.3) is 0 Å². The highest BCUT2D eigenvalue weighted by Gasteiger charge is 2.32. The minimum atomic E-state index is -4.44. The summed E-state index contributed by atoms with van der Waals surface area (Å²) in [6.45, 7) is 0.182. The SMILES string of the molecule is COC(=O)c1ccccc1N1OCC=C1c1cccc(C(F)(F)F)c1. The van der Waals surface area contributed by atoms with E-state index in [0.29, 0.717) is 16.9 Å². The first kappa shape index (κ1) is 17.0. The standard InChI is InChI=1S/C18H14F3NO3/c1-24-17(23)14-7-2-3-8-16(14)22-15(9-10-25-22)12-5-4-6-13(11-12)18(19,20)21/h2-9,11H,10H2,1H3. The number of hydroxylamine groups is 1. The second-order valence-electron chi connectivity index (χ2n) is 5.27. The Morgan fingerprint density at radius 2 is 1.92 bits per heavy atom. The van der Waals surface area contributed by atoms with Crippen LogP contribution in [0.4, 0.5) is 18.9 Å². The van der Waals surface area contributed by atoms with Crippen molar-refractivity contribution in [3.8, 4) is 0 Å². The summed E-state index contributed by atoms with van der Waals surface area (Å²) in [5.74, 6) is -0.561. The molecular formula is C18H14F3NO3. The Kier molecular flexibility index (Phi) is 4.50. The number of anilines is 1. The minimum Gasteiger partial charge on any atom is -0.465 e. The van der Waals surface area contributed by atoms with E-state index in [2.05, 4.69) is 0 Å². The van der Waals surface area contributed by atoms with E-state index in [1.165, 1.54) is 18.2 Å². The van der Waals surface area contributed by atoms with Crippen LogP contribution in [0.3, 0.4) is 0 Å². The number of methoxy groups -OCH3 is 1. The molecule has 130 valence electrons. The van der Waals surface area contributed by atoms with Crippen LogP contribution in [0.5, 0.6) is 0 Å². The van der Waals surface area contributed by atoms with Gasteiger partial charge in [-0.05, 0) is 30.3 Å². The van der Waals surface area contributed by atoms with Gasteiger partial charge in [0.15, 0.2) is 0 Å². The van der Waals surface area contributed by atoms with Crippen LogP contribution in [0.1, 0.15) is 21.5 Å². The zero-order valence-electron chi connectivity index (χ0n) is 13.2. The van der Waals surface area contributed by atoms with E-state index >= 15 is 0 Å². The van der Waals surface area contributed by atoms with Crippen molar-refractivity contribution in [2.45, 2.75) is 6.18 Å². The molecule has 3 rings (SSSR count). The fraction of sp³-hybridized carbons (Fsp3) is 0.167. The molecule has 0 atom stereocenters. The van der Waals surface area contributed by atoms with Gasteiger partial charge in [0.05, 0.1) is 36.2 Å². The van der Waals surface area contributed by atoms with E-state index in [1.54, 1.807) is 36.4 Å². The zero-order chi connectivity index (χ0) is 18.0. The summed E-state index contributed by atoms with van der Waals surface area (Å²) >= 11 is 0. The summed E-state index contributed by atoms with van der Waals surface area (Å²) < 4.78 is 43.6. The molecule has 0 N–H and O–H groups in total. The van der Waals surface area contributed by atoms with E-state index in [-0.39, 0.29) is 12.2 Å². The number of carbonyl (C=O) groups is 1. The normalized spacial score (nSPS) is 14.4. The van der Waals surface area contributed by atoms with E-state index in [4.69, 9.17) is 9.57 Å². The van der Waals surface area contributed by atoms with Gasteiger partial charge in [0, 0.05) is 5.56 Å². The number of esters is 1. The van der Waals surface area contributed by atoms with Crippen LogP contribution in [-0.2, 0) is 15.8 Å². The molecule has 0 saturated carbocycles. The van der Waals surface area contributed by atoms with Gasteiger partial charge in [0.1, 0.15) is 0 Å². The number of rotatable bonds is 3. The molecule has 7 heteroatoms. The van der Waals surface area contributed by atoms with Gasteiger partial charge in [-0.25, -0.2) is 9.86 Å². The highest BCUT2D eigenvalue weighted by molar-refractivity contribution is 5.98. The van der Waals surface area contributed by atoms with Crippen molar-refractivity contribution in [1.29, 1.82) is 0 Å². The first-order valence-electron chi connectivity index (χ1n) is 7.40. The summed E-state index contributed by atoms with van der Waals surface area (Å²) in [4.78, 5) is 17.5. The molecule has 0 fully saturated rings. The van der Waals surface area contributed by atoms with Crippen LogP contribution in [0, 0.1) is 0 Å². The van der Waals surface area contributed by atoms with Crippen LogP contribution in [-0.4, -0.2) is 19.7 Å². The molecule has 1 aliphatic rings. The Morgan fingerprint density at radius 3 is 2.64 bits per heavy atom. The Hall–Kier alpha value is -2.80. The molecule has 0 bridgehead atoms. The number of halogens is 3. The molecule has 2 aromatic rings. The first-order chi connectivity index (χ1) is 11.9. The lowest BCUT2D eigenvalue weighted by atomic mass is 10.1. The molecule has 0 saturated heterocycles. The van der Waals surface area contributed by atoms with Crippen molar-refractivity contribution in [1.82, 2.24) is 0 Å². The van der Waals surface area contributed by atoms with Crippen molar-refractivity contribution in [2.75, 3.05) is 18.8 Å². The summed E-state index contributed by atoms with van der Waals surface area (Å²) in [5.41, 5.74) is 0.675. The van der Waals surface area contributed by atoms with Crippen LogP contribution < -0.4 is 5.06 Å². The minimum absolute atomic E-state index is 0.182. The molecule has 1 heterocycles. The number of hydrogen-bond acceptors (Lipinski definition) is 4. The number of alkyl halides is 3. The third-order valence-corrected chi connectivity index (χ3v) is 3.71. The summed E-state index contributed by atoms with van der Waals surface area (Å²) in [7, 11) is 1.26. The van der Waals surface area contributed by atoms with Crippen molar-refractivity contribution in [3.05, 3.63) is 71.3 Å². The summed E-state index contributed by atoms with van der Waals surface area (Å²) in [6.07, 6.45) is -2.78. The molecule has 4 nitrogen and oxygen atoms in total. The maximum atomic E-state index is 13.0. The molecule has 1 aliphatic heterocycles. The van der Waals surface area contributed by atoms with Crippen molar-refractivity contribution in [3.63, 3.8) is 0 Å². The molecule has 25 heavy (non-hydrogen) atoms. The van der Waals surface area contributed by atoms with Gasteiger partial charge in [-0.3, -0.25) is 4.84 Å². The predicted octanol–water partition coefficient (Wildman–Crippen LogP) is 4.28. The van der Waals surface area contributed by atoms with E-state index in [1.807, 2.05) is 0 Å². The monoisotopic (exact) mass is 349 g/mol.